The van der Waals surface area contributed by atoms with Gasteiger partial charge in [0.25, 0.3) is 11.5 Å². The Balaban J connectivity index is 1.94. The van der Waals surface area contributed by atoms with Crippen LogP contribution in [-0.4, -0.2) is 22.6 Å². The highest BCUT2D eigenvalue weighted by Crippen LogP contribution is 2.19. The third-order valence-corrected chi connectivity index (χ3v) is 4.09. The molecule has 0 saturated carbocycles. The lowest BCUT2D eigenvalue weighted by atomic mass is 10.2. The number of aryl methyl sites for hydroxylation is 1. The van der Waals surface area contributed by atoms with E-state index in [4.69, 9.17) is 16.3 Å². The van der Waals surface area contributed by atoms with E-state index in [0.29, 0.717) is 22.0 Å². The fourth-order valence-corrected chi connectivity index (χ4v) is 2.62. The summed E-state index contributed by atoms with van der Waals surface area (Å²) in [5.41, 5.74) is 1.49. The van der Waals surface area contributed by atoms with Crippen molar-refractivity contribution in [3.05, 3.63) is 81.4 Å². The Kier molecular flexibility index (Phi) is 5.04. The molecule has 0 aliphatic heterocycles. The highest BCUT2D eigenvalue weighted by atomic mass is 35.5. The number of anilines is 1. The molecule has 3 rings (SSSR count). The van der Waals surface area contributed by atoms with Gasteiger partial charge in [-0.3, -0.25) is 14.2 Å². The van der Waals surface area contributed by atoms with Gasteiger partial charge in [0.15, 0.2) is 5.82 Å². The number of nitrogens with zero attached hydrogens (tertiary/aromatic N) is 2. The Bertz CT molecular complexity index is 1010. The molecule has 0 saturated heterocycles. The average Bonchev–Trinajstić information content (AvgIpc) is 2.64. The van der Waals surface area contributed by atoms with Crippen molar-refractivity contribution in [3.8, 4) is 11.4 Å². The van der Waals surface area contributed by atoms with Crippen molar-refractivity contribution in [1.82, 2.24) is 9.55 Å². The third-order valence-electron chi connectivity index (χ3n) is 3.84. The number of hydrogen-bond donors (Lipinski definition) is 1. The van der Waals surface area contributed by atoms with Crippen LogP contribution in [0.15, 0.2) is 59.7 Å². The van der Waals surface area contributed by atoms with Crippen LogP contribution >= 0.6 is 11.6 Å². The van der Waals surface area contributed by atoms with Gasteiger partial charge in [0.1, 0.15) is 5.75 Å². The molecule has 0 aliphatic rings. The van der Waals surface area contributed by atoms with E-state index in [9.17, 15) is 9.59 Å². The van der Waals surface area contributed by atoms with Crippen LogP contribution in [0.25, 0.3) is 5.69 Å². The number of benzene rings is 2. The average molecular weight is 370 g/mol. The van der Waals surface area contributed by atoms with Crippen molar-refractivity contribution >= 4 is 23.3 Å². The minimum absolute atomic E-state index is 0.0531. The summed E-state index contributed by atoms with van der Waals surface area (Å²) in [6.45, 7) is 1.87. The number of hydrogen-bond acceptors (Lipinski definition) is 4. The van der Waals surface area contributed by atoms with E-state index in [2.05, 4.69) is 10.3 Å². The fraction of sp³-hybridized carbons (Fsp3) is 0.105. The van der Waals surface area contributed by atoms with Crippen LogP contribution in [0, 0.1) is 6.92 Å². The molecule has 1 aromatic heterocycles. The molecule has 0 bridgehead atoms. The van der Waals surface area contributed by atoms with E-state index in [1.165, 1.54) is 10.8 Å². The Labute approximate surface area is 155 Å². The minimum atomic E-state index is -0.435. The van der Waals surface area contributed by atoms with Gasteiger partial charge in [-0.25, -0.2) is 4.98 Å². The van der Waals surface area contributed by atoms with E-state index < -0.39 is 11.5 Å². The molecule has 1 heterocycles. The maximum atomic E-state index is 12.7. The largest absolute Gasteiger partial charge is 0.497 e. The van der Waals surface area contributed by atoms with Gasteiger partial charge in [-0.2, -0.15) is 0 Å². The number of methoxy groups -OCH3 is 1. The van der Waals surface area contributed by atoms with Gasteiger partial charge in [-0.15, -0.1) is 0 Å². The Morgan fingerprint density at radius 2 is 1.92 bits per heavy atom. The molecule has 7 heteroatoms. The van der Waals surface area contributed by atoms with Crippen molar-refractivity contribution in [1.29, 1.82) is 0 Å². The maximum Gasteiger partial charge on any atom is 0.298 e. The lowest BCUT2D eigenvalue weighted by Gasteiger charge is -2.12. The van der Waals surface area contributed by atoms with Crippen LogP contribution in [0.4, 0.5) is 5.82 Å². The smallest absolute Gasteiger partial charge is 0.298 e. The number of halogens is 1. The maximum absolute atomic E-state index is 12.7. The lowest BCUT2D eigenvalue weighted by Crippen LogP contribution is -2.26. The molecule has 2 aromatic carbocycles. The van der Waals surface area contributed by atoms with Gasteiger partial charge < -0.3 is 10.1 Å². The van der Waals surface area contributed by atoms with Crippen LogP contribution in [0.2, 0.25) is 5.02 Å². The molecule has 0 aliphatic carbocycles. The molecule has 1 amide bonds. The molecule has 26 heavy (non-hydrogen) atoms. The molecule has 1 N–H and O–H groups in total. The second kappa shape index (κ2) is 7.41. The van der Waals surface area contributed by atoms with Crippen LogP contribution in [0.3, 0.4) is 0 Å². The van der Waals surface area contributed by atoms with Crippen molar-refractivity contribution in [2.45, 2.75) is 6.92 Å². The summed E-state index contributed by atoms with van der Waals surface area (Å²) in [5, 5.41) is 3.07. The number of carbonyl (C=O) groups excluding carboxylic acids is 1. The second-order valence-corrected chi connectivity index (χ2v) is 6.00. The molecule has 3 aromatic rings. The number of rotatable bonds is 4. The third kappa shape index (κ3) is 3.60. The SMILES string of the molecule is COc1ccc(-n2ccnc(NC(=O)c3ccc(Cl)cc3)c2=O)c(C)c1. The second-order valence-electron chi connectivity index (χ2n) is 5.56. The summed E-state index contributed by atoms with van der Waals surface area (Å²) >= 11 is 5.82. The first kappa shape index (κ1) is 17.7. The lowest BCUT2D eigenvalue weighted by molar-refractivity contribution is 0.102. The van der Waals surface area contributed by atoms with Gasteiger partial charge in [0.05, 0.1) is 12.8 Å². The molecule has 6 nitrogen and oxygen atoms in total. The number of aromatic nitrogens is 2. The molecule has 0 radical (unpaired) electrons. The Morgan fingerprint density at radius 3 is 2.58 bits per heavy atom. The zero-order chi connectivity index (χ0) is 18.7. The number of carbonyl (C=O) groups is 1. The van der Waals surface area contributed by atoms with E-state index in [1.54, 1.807) is 49.7 Å². The van der Waals surface area contributed by atoms with Crippen molar-refractivity contribution < 1.29 is 9.53 Å². The first-order chi connectivity index (χ1) is 12.5. The van der Waals surface area contributed by atoms with E-state index in [-0.39, 0.29) is 5.82 Å². The van der Waals surface area contributed by atoms with E-state index in [0.717, 1.165) is 5.56 Å². The Morgan fingerprint density at radius 1 is 1.19 bits per heavy atom. The number of amides is 1. The zero-order valence-electron chi connectivity index (χ0n) is 14.2. The van der Waals surface area contributed by atoms with Gasteiger partial charge in [0.2, 0.25) is 0 Å². The molecule has 0 unspecified atom stereocenters. The fourth-order valence-electron chi connectivity index (χ4n) is 2.49. The minimum Gasteiger partial charge on any atom is -0.497 e. The monoisotopic (exact) mass is 369 g/mol. The molecule has 0 spiro atoms. The zero-order valence-corrected chi connectivity index (χ0v) is 14.9. The summed E-state index contributed by atoms with van der Waals surface area (Å²) in [4.78, 5) is 29.0. The summed E-state index contributed by atoms with van der Waals surface area (Å²) in [6.07, 6.45) is 3.01. The number of nitrogens with one attached hydrogen (secondary N) is 1. The van der Waals surface area contributed by atoms with Crippen LogP contribution in [0.1, 0.15) is 15.9 Å². The molecular weight excluding hydrogens is 354 g/mol. The molecule has 0 atom stereocenters. The Hall–Kier alpha value is -3.12. The van der Waals surface area contributed by atoms with E-state index in [1.807, 2.05) is 13.0 Å². The predicted molar refractivity (Wildman–Crippen MR) is 101 cm³/mol. The molecular formula is C19H16ClN3O3. The first-order valence-corrected chi connectivity index (χ1v) is 8.17. The van der Waals surface area contributed by atoms with Gasteiger partial charge in [-0.05, 0) is 55.0 Å². The van der Waals surface area contributed by atoms with Crippen LogP contribution in [0.5, 0.6) is 5.75 Å². The molecule has 0 fully saturated rings. The van der Waals surface area contributed by atoms with Gasteiger partial charge in [0, 0.05) is 23.0 Å². The summed E-state index contributed by atoms with van der Waals surface area (Å²) in [5.74, 6) is 0.211. The number of ether oxygens (including phenoxy) is 1. The van der Waals surface area contributed by atoms with Crippen LogP contribution in [-0.2, 0) is 0 Å². The predicted octanol–water partition coefficient (Wildman–Crippen LogP) is 3.46. The molecule has 132 valence electrons. The topological polar surface area (TPSA) is 73.2 Å². The van der Waals surface area contributed by atoms with Crippen molar-refractivity contribution in [3.63, 3.8) is 0 Å². The summed E-state index contributed by atoms with van der Waals surface area (Å²) in [7, 11) is 1.58. The van der Waals surface area contributed by atoms with Crippen molar-refractivity contribution in [2.24, 2.45) is 0 Å². The first-order valence-electron chi connectivity index (χ1n) is 7.79. The highest BCUT2D eigenvalue weighted by Gasteiger charge is 2.13. The van der Waals surface area contributed by atoms with Crippen LogP contribution < -0.4 is 15.6 Å². The highest BCUT2D eigenvalue weighted by molar-refractivity contribution is 6.30. The summed E-state index contributed by atoms with van der Waals surface area (Å²) < 4.78 is 6.61. The normalized spacial score (nSPS) is 10.4. The van der Waals surface area contributed by atoms with Gasteiger partial charge >= 0.3 is 0 Å². The van der Waals surface area contributed by atoms with E-state index >= 15 is 0 Å². The van der Waals surface area contributed by atoms with Crippen molar-refractivity contribution in [2.75, 3.05) is 12.4 Å². The summed E-state index contributed by atoms with van der Waals surface area (Å²) in [6, 6.07) is 11.7. The van der Waals surface area contributed by atoms with Gasteiger partial charge in [-0.1, -0.05) is 11.6 Å². The standard InChI is InChI=1S/C19H16ClN3O3/c1-12-11-15(26-2)7-8-16(12)23-10-9-21-17(19(23)25)22-18(24)13-3-5-14(20)6-4-13/h3-11H,1-2H3,(H,21,22,24). The quantitative estimate of drug-likeness (QED) is 0.764.